The summed E-state index contributed by atoms with van der Waals surface area (Å²) in [6.45, 7) is 8.96. The summed E-state index contributed by atoms with van der Waals surface area (Å²) in [7, 11) is 0. The van der Waals surface area contributed by atoms with Gasteiger partial charge in [0.25, 0.3) is 0 Å². The molecule has 1 aliphatic rings. The lowest BCUT2D eigenvalue weighted by Crippen LogP contribution is -2.27. The Balaban J connectivity index is 2.22. The zero-order valence-corrected chi connectivity index (χ0v) is 10.9. The number of aromatic nitrogens is 2. The molecule has 0 radical (unpaired) electrons. The fourth-order valence-corrected chi connectivity index (χ4v) is 1.93. The van der Waals surface area contributed by atoms with Gasteiger partial charge < -0.3 is 4.90 Å². The first-order valence-electron chi connectivity index (χ1n) is 6.03. The summed E-state index contributed by atoms with van der Waals surface area (Å²) >= 11 is 0. The predicted octanol–water partition coefficient (Wildman–Crippen LogP) is 2.15. The molecule has 1 aromatic rings. The molecule has 2 rings (SSSR count). The highest BCUT2D eigenvalue weighted by atomic mass is 16.2. The van der Waals surface area contributed by atoms with Crippen LogP contribution in [0.15, 0.2) is 12.4 Å². The largest absolute Gasteiger partial charge is 0.309 e. The minimum atomic E-state index is -0.0547. The highest BCUT2D eigenvalue weighted by Crippen LogP contribution is 2.25. The maximum absolute atomic E-state index is 11.9. The highest BCUT2D eigenvalue weighted by Gasteiger charge is 2.29. The van der Waals surface area contributed by atoms with Crippen molar-refractivity contribution in [2.45, 2.75) is 39.5 Å². The minimum Gasteiger partial charge on any atom is -0.309 e. The third-order valence-electron chi connectivity index (χ3n) is 3.09. The Morgan fingerprint density at radius 3 is 2.29 bits per heavy atom. The number of hydrogen-bond acceptors (Lipinski definition) is 3. The lowest BCUT2D eigenvalue weighted by atomic mass is 9.96. The van der Waals surface area contributed by atoms with Crippen molar-refractivity contribution >= 4 is 11.6 Å². The van der Waals surface area contributed by atoms with Crippen LogP contribution in [0.25, 0.3) is 0 Å². The molecule has 0 bridgehead atoms. The van der Waals surface area contributed by atoms with E-state index in [4.69, 9.17) is 0 Å². The summed E-state index contributed by atoms with van der Waals surface area (Å²) in [5.74, 6) is 1.11. The van der Waals surface area contributed by atoms with Crippen molar-refractivity contribution in [2.24, 2.45) is 5.92 Å². The standard InChI is InChI=1S/C13H19N3O/c1-9-5-6-16(11(9)17)10-7-14-12(15-8-10)13(2,3)4/h7-9H,5-6H2,1-4H3. The molecule has 1 atom stereocenters. The normalized spacial score (nSPS) is 21.1. The monoisotopic (exact) mass is 233 g/mol. The quantitative estimate of drug-likeness (QED) is 0.746. The van der Waals surface area contributed by atoms with Gasteiger partial charge >= 0.3 is 0 Å². The van der Waals surface area contributed by atoms with Crippen molar-refractivity contribution in [3.63, 3.8) is 0 Å². The molecule has 0 aliphatic carbocycles. The van der Waals surface area contributed by atoms with E-state index in [9.17, 15) is 4.79 Å². The maximum Gasteiger partial charge on any atom is 0.229 e. The molecule has 0 saturated carbocycles. The predicted molar refractivity (Wildman–Crippen MR) is 66.9 cm³/mol. The van der Waals surface area contributed by atoms with E-state index in [-0.39, 0.29) is 17.2 Å². The third kappa shape index (κ3) is 2.30. The van der Waals surface area contributed by atoms with Gasteiger partial charge in [-0.1, -0.05) is 27.7 Å². The van der Waals surface area contributed by atoms with Crippen LogP contribution < -0.4 is 4.90 Å². The zero-order valence-electron chi connectivity index (χ0n) is 10.9. The second kappa shape index (κ2) is 4.09. The Bertz CT molecular complexity index is 419. The first kappa shape index (κ1) is 12.0. The van der Waals surface area contributed by atoms with E-state index in [1.54, 1.807) is 17.3 Å². The average molecular weight is 233 g/mol. The smallest absolute Gasteiger partial charge is 0.229 e. The fraction of sp³-hybridized carbons (Fsp3) is 0.615. The summed E-state index contributed by atoms with van der Waals surface area (Å²) in [5, 5.41) is 0. The third-order valence-corrected chi connectivity index (χ3v) is 3.09. The molecule has 2 heterocycles. The van der Waals surface area contributed by atoms with Gasteiger partial charge in [-0.2, -0.15) is 0 Å². The number of amides is 1. The molecule has 0 aromatic carbocycles. The first-order valence-corrected chi connectivity index (χ1v) is 6.03. The lowest BCUT2D eigenvalue weighted by molar-refractivity contribution is -0.119. The highest BCUT2D eigenvalue weighted by molar-refractivity contribution is 5.96. The van der Waals surface area contributed by atoms with Gasteiger partial charge in [0.05, 0.1) is 18.1 Å². The molecule has 1 amide bonds. The SMILES string of the molecule is CC1CCN(c2cnc(C(C)(C)C)nc2)C1=O. The summed E-state index contributed by atoms with van der Waals surface area (Å²) < 4.78 is 0. The number of carbonyl (C=O) groups excluding carboxylic acids is 1. The molecule has 1 saturated heterocycles. The Morgan fingerprint density at radius 1 is 1.29 bits per heavy atom. The Morgan fingerprint density at radius 2 is 1.88 bits per heavy atom. The number of rotatable bonds is 1. The molecule has 1 fully saturated rings. The zero-order chi connectivity index (χ0) is 12.6. The van der Waals surface area contributed by atoms with Crippen molar-refractivity contribution in [3.8, 4) is 0 Å². The topological polar surface area (TPSA) is 46.1 Å². The molecule has 0 N–H and O–H groups in total. The van der Waals surface area contributed by atoms with E-state index in [1.807, 2.05) is 6.92 Å². The van der Waals surface area contributed by atoms with Crippen LogP contribution in [0.5, 0.6) is 0 Å². The van der Waals surface area contributed by atoms with Gasteiger partial charge in [-0.3, -0.25) is 4.79 Å². The van der Waals surface area contributed by atoms with Crippen molar-refractivity contribution < 1.29 is 4.79 Å². The number of anilines is 1. The van der Waals surface area contributed by atoms with E-state index < -0.39 is 0 Å². The Hall–Kier alpha value is -1.45. The molecule has 1 unspecified atom stereocenters. The van der Waals surface area contributed by atoms with Gasteiger partial charge in [0, 0.05) is 17.9 Å². The second-order valence-electron chi connectivity index (χ2n) is 5.69. The molecule has 0 spiro atoms. The van der Waals surface area contributed by atoms with Crippen molar-refractivity contribution in [3.05, 3.63) is 18.2 Å². The van der Waals surface area contributed by atoms with E-state index in [0.717, 1.165) is 24.5 Å². The number of carbonyl (C=O) groups is 1. The molecule has 1 aliphatic heterocycles. The fourth-order valence-electron chi connectivity index (χ4n) is 1.93. The van der Waals surface area contributed by atoms with Gasteiger partial charge in [-0.25, -0.2) is 9.97 Å². The average Bonchev–Trinajstić information content (AvgIpc) is 2.59. The molecular weight excluding hydrogens is 214 g/mol. The molecule has 1 aromatic heterocycles. The van der Waals surface area contributed by atoms with E-state index in [0.29, 0.717) is 0 Å². The van der Waals surface area contributed by atoms with Crippen LogP contribution >= 0.6 is 0 Å². The van der Waals surface area contributed by atoms with Crippen molar-refractivity contribution in [1.82, 2.24) is 9.97 Å². The number of hydrogen-bond donors (Lipinski definition) is 0. The summed E-state index contributed by atoms with van der Waals surface area (Å²) in [6.07, 6.45) is 4.42. The van der Waals surface area contributed by atoms with Gasteiger partial charge in [0.2, 0.25) is 5.91 Å². The van der Waals surface area contributed by atoms with Crippen LogP contribution in [0.2, 0.25) is 0 Å². The van der Waals surface area contributed by atoms with Crippen LogP contribution in [-0.4, -0.2) is 22.4 Å². The molecule has 4 nitrogen and oxygen atoms in total. The second-order valence-corrected chi connectivity index (χ2v) is 5.69. The van der Waals surface area contributed by atoms with Crippen LogP contribution in [0.3, 0.4) is 0 Å². The maximum atomic E-state index is 11.9. The molecular formula is C13H19N3O. The van der Waals surface area contributed by atoms with Crippen LogP contribution in [0, 0.1) is 5.92 Å². The van der Waals surface area contributed by atoms with Crippen molar-refractivity contribution in [2.75, 3.05) is 11.4 Å². The van der Waals surface area contributed by atoms with E-state index in [1.165, 1.54) is 0 Å². The van der Waals surface area contributed by atoms with E-state index >= 15 is 0 Å². The molecule has 92 valence electrons. The molecule has 4 heteroatoms. The minimum absolute atomic E-state index is 0.0547. The number of nitrogens with zero attached hydrogens (tertiary/aromatic N) is 3. The van der Waals surface area contributed by atoms with Gasteiger partial charge in [-0.05, 0) is 6.42 Å². The first-order chi connectivity index (χ1) is 7.89. The van der Waals surface area contributed by atoms with Crippen LogP contribution in [0.4, 0.5) is 5.69 Å². The van der Waals surface area contributed by atoms with E-state index in [2.05, 4.69) is 30.7 Å². The Kier molecular flexibility index (Phi) is 2.89. The van der Waals surface area contributed by atoms with Crippen molar-refractivity contribution in [1.29, 1.82) is 0 Å². The Labute approximate surface area is 102 Å². The lowest BCUT2D eigenvalue weighted by Gasteiger charge is -2.19. The summed E-state index contributed by atoms with van der Waals surface area (Å²) in [5.41, 5.74) is 0.758. The van der Waals surface area contributed by atoms with Gasteiger partial charge in [0.15, 0.2) is 0 Å². The summed E-state index contributed by atoms with van der Waals surface area (Å²) in [4.78, 5) is 22.3. The van der Waals surface area contributed by atoms with Crippen LogP contribution in [-0.2, 0) is 10.2 Å². The summed E-state index contributed by atoms with van der Waals surface area (Å²) in [6, 6.07) is 0. The van der Waals surface area contributed by atoms with Gasteiger partial charge in [-0.15, -0.1) is 0 Å². The molecule has 17 heavy (non-hydrogen) atoms. The van der Waals surface area contributed by atoms with Gasteiger partial charge in [0.1, 0.15) is 5.82 Å². The van der Waals surface area contributed by atoms with Crippen LogP contribution in [0.1, 0.15) is 39.9 Å².